The van der Waals surface area contributed by atoms with Crippen LogP contribution in [0.1, 0.15) is 5.56 Å². The second-order valence-electron chi connectivity index (χ2n) is 3.34. The fourth-order valence-corrected chi connectivity index (χ4v) is 1.91. The van der Waals surface area contributed by atoms with E-state index in [0.717, 1.165) is 9.08 Å². The molecule has 1 heterocycles. The molecule has 0 amide bonds. The van der Waals surface area contributed by atoms with Gasteiger partial charge in [-0.1, -0.05) is 15.9 Å². The van der Waals surface area contributed by atoms with Gasteiger partial charge in [0.05, 0.1) is 6.20 Å². The Hall–Kier alpha value is -0.940. The highest BCUT2D eigenvalue weighted by Gasteiger charge is 2.04. The van der Waals surface area contributed by atoms with Gasteiger partial charge in [0.15, 0.2) is 0 Å². The summed E-state index contributed by atoms with van der Waals surface area (Å²) in [5, 5.41) is 0. The Bertz CT molecular complexity index is 516. The zero-order valence-electron chi connectivity index (χ0n) is 8.66. The second-order valence-corrected chi connectivity index (χ2v) is 5.07. The van der Waals surface area contributed by atoms with Crippen molar-refractivity contribution in [2.24, 2.45) is 0 Å². The van der Waals surface area contributed by atoms with Gasteiger partial charge in [-0.2, -0.15) is 0 Å². The van der Waals surface area contributed by atoms with Crippen molar-refractivity contribution in [3.05, 3.63) is 57.0 Å². The number of aromatic nitrogens is 1. The number of ether oxygens (including phenoxy) is 1. The van der Waals surface area contributed by atoms with E-state index in [1.807, 2.05) is 0 Å². The number of halogens is 3. The van der Waals surface area contributed by atoms with E-state index < -0.39 is 0 Å². The maximum atomic E-state index is 13.4. The molecule has 0 saturated carbocycles. The summed E-state index contributed by atoms with van der Waals surface area (Å²) in [6.07, 6.45) is 1.58. The monoisotopic (exact) mass is 359 g/mol. The van der Waals surface area contributed by atoms with Crippen LogP contribution in [0.3, 0.4) is 0 Å². The lowest BCUT2D eigenvalue weighted by atomic mass is 10.2. The zero-order chi connectivity index (χ0) is 12.3. The van der Waals surface area contributed by atoms with Gasteiger partial charge in [0, 0.05) is 10.0 Å². The van der Waals surface area contributed by atoms with Gasteiger partial charge in [-0.3, -0.25) is 0 Å². The first kappa shape index (κ1) is 12.5. The third-order valence-electron chi connectivity index (χ3n) is 2.10. The maximum absolute atomic E-state index is 13.4. The van der Waals surface area contributed by atoms with E-state index in [1.165, 1.54) is 6.07 Å². The Balaban J connectivity index is 2.07. The average Bonchev–Trinajstić information content (AvgIpc) is 2.32. The highest BCUT2D eigenvalue weighted by atomic mass is 79.9. The molecular formula is C12H8Br2FNO. The van der Waals surface area contributed by atoms with Gasteiger partial charge in [-0.05, 0) is 46.3 Å². The average molecular weight is 361 g/mol. The van der Waals surface area contributed by atoms with E-state index in [-0.39, 0.29) is 12.4 Å². The SMILES string of the molecule is Fc1ccc(Br)cc1COc1ccc(Br)nc1. The van der Waals surface area contributed by atoms with Crippen LogP contribution in [0.5, 0.6) is 5.75 Å². The van der Waals surface area contributed by atoms with Crippen molar-refractivity contribution >= 4 is 31.9 Å². The van der Waals surface area contributed by atoms with Crippen molar-refractivity contribution in [1.29, 1.82) is 0 Å². The molecule has 2 nitrogen and oxygen atoms in total. The molecule has 0 aliphatic heterocycles. The normalized spacial score (nSPS) is 10.3. The first-order valence-electron chi connectivity index (χ1n) is 4.83. The Kier molecular flexibility index (Phi) is 4.12. The third kappa shape index (κ3) is 3.51. The molecule has 5 heteroatoms. The smallest absolute Gasteiger partial charge is 0.138 e. The summed E-state index contributed by atoms with van der Waals surface area (Å²) >= 11 is 6.52. The molecule has 0 radical (unpaired) electrons. The summed E-state index contributed by atoms with van der Waals surface area (Å²) in [7, 11) is 0. The van der Waals surface area contributed by atoms with Crippen molar-refractivity contribution in [1.82, 2.24) is 4.98 Å². The molecule has 0 unspecified atom stereocenters. The molecule has 0 fully saturated rings. The van der Waals surface area contributed by atoms with Gasteiger partial charge >= 0.3 is 0 Å². The molecule has 0 aliphatic carbocycles. The molecule has 0 saturated heterocycles. The fourth-order valence-electron chi connectivity index (χ4n) is 1.26. The minimum absolute atomic E-state index is 0.175. The van der Waals surface area contributed by atoms with Crippen LogP contribution in [-0.2, 0) is 6.61 Å². The molecule has 1 aromatic carbocycles. The molecule has 0 bridgehead atoms. The quantitative estimate of drug-likeness (QED) is 0.760. The standard InChI is InChI=1S/C12H8Br2FNO/c13-9-1-3-11(15)8(5-9)7-17-10-2-4-12(14)16-6-10/h1-6H,7H2. The Labute approximate surface area is 115 Å². The van der Waals surface area contributed by atoms with Crippen LogP contribution >= 0.6 is 31.9 Å². The van der Waals surface area contributed by atoms with Crippen molar-refractivity contribution in [2.45, 2.75) is 6.61 Å². The van der Waals surface area contributed by atoms with E-state index in [2.05, 4.69) is 36.8 Å². The first-order valence-corrected chi connectivity index (χ1v) is 6.42. The molecule has 17 heavy (non-hydrogen) atoms. The predicted octanol–water partition coefficient (Wildman–Crippen LogP) is 4.32. The van der Waals surface area contributed by atoms with Crippen LogP contribution in [0, 0.1) is 5.82 Å². The molecule has 2 aromatic rings. The molecular weight excluding hydrogens is 353 g/mol. The van der Waals surface area contributed by atoms with Crippen LogP contribution in [0.4, 0.5) is 4.39 Å². The summed E-state index contributed by atoms with van der Waals surface area (Å²) < 4.78 is 20.4. The molecule has 1 aromatic heterocycles. The summed E-state index contributed by atoms with van der Waals surface area (Å²) in [6, 6.07) is 8.30. The molecule has 2 rings (SSSR count). The van der Waals surface area contributed by atoms with Gasteiger partial charge in [-0.15, -0.1) is 0 Å². The van der Waals surface area contributed by atoms with E-state index >= 15 is 0 Å². The predicted molar refractivity (Wildman–Crippen MR) is 70.4 cm³/mol. The van der Waals surface area contributed by atoms with Crippen molar-refractivity contribution < 1.29 is 9.13 Å². The molecule has 0 aliphatic rings. The lowest BCUT2D eigenvalue weighted by Gasteiger charge is -2.07. The topological polar surface area (TPSA) is 22.1 Å². The van der Waals surface area contributed by atoms with E-state index in [4.69, 9.17) is 4.74 Å². The summed E-state index contributed by atoms with van der Waals surface area (Å²) in [6.45, 7) is 0.175. The van der Waals surface area contributed by atoms with Crippen molar-refractivity contribution in [2.75, 3.05) is 0 Å². The second kappa shape index (κ2) is 5.60. The Morgan fingerprint density at radius 1 is 1.18 bits per heavy atom. The van der Waals surface area contributed by atoms with Crippen molar-refractivity contribution in [3.8, 4) is 5.75 Å². The highest BCUT2D eigenvalue weighted by Crippen LogP contribution is 2.18. The van der Waals surface area contributed by atoms with Gasteiger partial charge in [0.2, 0.25) is 0 Å². The summed E-state index contributed by atoms with van der Waals surface area (Å²) in [4.78, 5) is 4.02. The van der Waals surface area contributed by atoms with Crippen LogP contribution in [0.15, 0.2) is 45.6 Å². The number of nitrogens with zero attached hydrogens (tertiary/aromatic N) is 1. The van der Waals surface area contributed by atoms with Gasteiger partial charge in [-0.25, -0.2) is 9.37 Å². The Morgan fingerprint density at radius 3 is 2.71 bits per heavy atom. The minimum atomic E-state index is -0.279. The van der Waals surface area contributed by atoms with Crippen LogP contribution in [0.25, 0.3) is 0 Å². The number of hydrogen-bond donors (Lipinski definition) is 0. The summed E-state index contributed by atoms with van der Waals surface area (Å²) in [5.41, 5.74) is 0.502. The lowest BCUT2D eigenvalue weighted by Crippen LogP contribution is -1.98. The van der Waals surface area contributed by atoms with Crippen molar-refractivity contribution in [3.63, 3.8) is 0 Å². The largest absolute Gasteiger partial charge is 0.487 e. The highest BCUT2D eigenvalue weighted by molar-refractivity contribution is 9.10. The van der Waals surface area contributed by atoms with E-state index in [1.54, 1.807) is 30.5 Å². The number of benzene rings is 1. The van der Waals surface area contributed by atoms with E-state index in [0.29, 0.717) is 11.3 Å². The molecule has 0 N–H and O–H groups in total. The molecule has 0 spiro atoms. The van der Waals surface area contributed by atoms with E-state index in [9.17, 15) is 4.39 Å². The number of rotatable bonds is 3. The number of pyridine rings is 1. The lowest BCUT2D eigenvalue weighted by molar-refractivity contribution is 0.298. The fraction of sp³-hybridized carbons (Fsp3) is 0.0833. The number of hydrogen-bond acceptors (Lipinski definition) is 2. The van der Waals surface area contributed by atoms with Gasteiger partial charge < -0.3 is 4.74 Å². The van der Waals surface area contributed by atoms with Gasteiger partial charge in [0.1, 0.15) is 22.8 Å². The first-order chi connectivity index (χ1) is 8.15. The molecule has 88 valence electrons. The maximum Gasteiger partial charge on any atom is 0.138 e. The molecule has 0 atom stereocenters. The van der Waals surface area contributed by atoms with Gasteiger partial charge in [0.25, 0.3) is 0 Å². The van der Waals surface area contributed by atoms with Crippen LogP contribution in [0.2, 0.25) is 0 Å². The summed E-state index contributed by atoms with van der Waals surface area (Å²) in [5.74, 6) is 0.325. The Morgan fingerprint density at radius 2 is 2.00 bits per heavy atom. The van der Waals surface area contributed by atoms with Crippen LogP contribution in [-0.4, -0.2) is 4.98 Å². The zero-order valence-corrected chi connectivity index (χ0v) is 11.8. The third-order valence-corrected chi connectivity index (χ3v) is 3.06. The van der Waals surface area contributed by atoms with Crippen LogP contribution < -0.4 is 4.74 Å². The minimum Gasteiger partial charge on any atom is -0.487 e.